The van der Waals surface area contributed by atoms with Crippen LogP contribution in [-0.2, 0) is 20.9 Å². The van der Waals surface area contributed by atoms with Gasteiger partial charge in [-0.15, -0.1) is 0 Å². The Labute approximate surface area is 141 Å². The van der Waals surface area contributed by atoms with E-state index in [-0.39, 0.29) is 30.4 Å². The van der Waals surface area contributed by atoms with Crippen molar-refractivity contribution in [1.29, 1.82) is 0 Å². The Morgan fingerprint density at radius 1 is 1.21 bits per heavy atom. The topological polar surface area (TPSA) is 76.7 Å². The fourth-order valence-electron chi connectivity index (χ4n) is 2.63. The molecule has 6 heteroatoms. The Morgan fingerprint density at radius 3 is 2.83 bits per heavy atom. The standard InChI is InChI=1S/C18H24N2O4/c21-17(11-20-18(22)14-6-7-14)19-10-13-3-1-4-15(9-13)24-12-16-5-2-8-23-16/h1,3-4,9,14,16H,2,5-8,10-12H2,(H,19,21)(H,20,22). The predicted octanol–water partition coefficient (Wildman–Crippen LogP) is 1.39. The van der Waals surface area contributed by atoms with Gasteiger partial charge in [0.15, 0.2) is 0 Å². The number of carbonyl (C=O) groups excluding carboxylic acids is 2. The molecule has 1 aromatic carbocycles. The smallest absolute Gasteiger partial charge is 0.239 e. The first-order chi connectivity index (χ1) is 11.7. The van der Waals surface area contributed by atoms with E-state index < -0.39 is 0 Å². The average molecular weight is 332 g/mol. The van der Waals surface area contributed by atoms with E-state index in [1.807, 2.05) is 24.3 Å². The summed E-state index contributed by atoms with van der Waals surface area (Å²) in [5, 5.41) is 5.46. The van der Waals surface area contributed by atoms with E-state index in [0.717, 1.165) is 43.6 Å². The van der Waals surface area contributed by atoms with Crippen LogP contribution in [0.2, 0.25) is 0 Å². The van der Waals surface area contributed by atoms with Crippen molar-refractivity contribution in [3.05, 3.63) is 29.8 Å². The van der Waals surface area contributed by atoms with Gasteiger partial charge in [0.2, 0.25) is 11.8 Å². The van der Waals surface area contributed by atoms with E-state index in [0.29, 0.717) is 13.2 Å². The Morgan fingerprint density at radius 2 is 2.08 bits per heavy atom. The third kappa shape index (κ3) is 5.23. The molecule has 2 fully saturated rings. The van der Waals surface area contributed by atoms with Crippen LogP contribution >= 0.6 is 0 Å². The van der Waals surface area contributed by atoms with Crippen LogP contribution in [0.1, 0.15) is 31.2 Å². The summed E-state index contributed by atoms with van der Waals surface area (Å²) >= 11 is 0. The molecule has 1 aliphatic heterocycles. The van der Waals surface area contributed by atoms with Gasteiger partial charge in [0.1, 0.15) is 12.4 Å². The SMILES string of the molecule is O=C(CNC(=O)C1CC1)NCc1cccc(OCC2CCCO2)c1. The molecule has 0 aromatic heterocycles. The van der Waals surface area contributed by atoms with Crippen LogP contribution in [0.4, 0.5) is 0 Å². The van der Waals surface area contributed by atoms with Crippen LogP contribution in [-0.4, -0.2) is 37.7 Å². The number of rotatable bonds is 8. The van der Waals surface area contributed by atoms with Crippen molar-refractivity contribution in [3.63, 3.8) is 0 Å². The van der Waals surface area contributed by atoms with Crippen molar-refractivity contribution in [2.45, 2.75) is 38.3 Å². The second-order valence-corrected chi connectivity index (χ2v) is 6.36. The van der Waals surface area contributed by atoms with Gasteiger partial charge >= 0.3 is 0 Å². The van der Waals surface area contributed by atoms with Gasteiger partial charge in [-0.2, -0.15) is 0 Å². The van der Waals surface area contributed by atoms with Crippen LogP contribution < -0.4 is 15.4 Å². The van der Waals surface area contributed by atoms with Crippen molar-refractivity contribution in [3.8, 4) is 5.75 Å². The third-order valence-corrected chi connectivity index (χ3v) is 4.22. The molecule has 0 bridgehead atoms. The quantitative estimate of drug-likeness (QED) is 0.754. The van der Waals surface area contributed by atoms with Crippen molar-refractivity contribution in [1.82, 2.24) is 10.6 Å². The number of carbonyl (C=O) groups is 2. The highest BCUT2D eigenvalue weighted by molar-refractivity contribution is 5.86. The zero-order valence-electron chi connectivity index (χ0n) is 13.8. The van der Waals surface area contributed by atoms with Gasteiger partial charge in [-0.25, -0.2) is 0 Å². The molecule has 3 rings (SSSR count). The molecule has 1 heterocycles. The molecule has 2 N–H and O–H groups in total. The lowest BCUT2D eigenvalue weighted by molar-refractivity contribution is -0.126. The summed E-state index contributed by atoms with van der Waals surface area (Å²) in [5.41, 5.74) is 0.960. The van der Waals surface area contributed by atoms with Gasteiger partial charge < -0.3 is 20.1 Å². The lowest BCUT2D eigenvalue weighted by Gasteiger charge is -2.12. The molecule has 24 heavy (non-hydrogen) atoms. The normalized spacial score (nSPS) is 19.8. The number of hydrogen-bond donors (Lipinski definition) is 2. The fraction of sp³-hybridized carbons (Fsp3) is 0.556. The lowest BCUT2D eigenvalue weighted by Crippen LogP contribution is -2.37. The van der Waals surface area contributed by atoms with E-state index in [1.54, 1.807) is 0 Å². The Balaban J connectivity index is 1.38. The van der Waals surface area contributed by atoms with E-state index in [2.05, 4.69) is 10.6 Å². The first-order valence-electron chi connectivity index (χ1n) is 8.58. The van der Waals surface area contributed by atoms with Crippen LogP contribution in [0.3, 0.4) is 0 Å². The lowest BCUT2D eigenvalue weighted by atomic mass is 10.2. The van der Waals surface area contributed by atoms with Gasteiger partial charge in [0.05, 0.1) is 12.6 Å². The average Bonchev–Trinajstić information content (AvgIpc) is 3.33. The summed E-state index contributed by atoms with van der Waals surface area (Å²) in [7, 11) is 0. The first kappa shape index (κ1) is 16.8. The van der Waals surface area contributed by atoms with Gasteiger partial charge in [0, 0.05) is 19.1 Å². The molecule has 1 atom stereocenters. The maximum Gasteiger partial charge on any atom is 0.239 e. The predicted molar refractivity (Wildman–Crippen MR) is 88.5 cm³/mol. The molecule has 0 radical (unpaired) electrons. The maximum atomic E-state index is 11.8. The molecule has 0 spiro atoms. The Bertz CT molecular complexity index is 580. The summed E-state index contributed by atoms with van der Waals surface area (Å²) in [6.45, 7) is 1.82. The van der Waals surface area contributed by atoms with Gasteiger partial charge in [-0.1, -0.05) is 12.1 Å². The monoisotopic (exact) mass is 332 g/mol. The van der Waals surface area contributed by atoms with Crippen molar-refractivity contribution in [2.75, 3.05) is 19.8 Å². The molecule has 1 unspecified atom stereocenters. The van der Waals surface area contributed by atoms with E-state index in [1.165, 1.54) is 0 Å². The van der Waals surface area contributed by atoms with E-state index >= 15 is 0 Å². The Kier molecular flexibility index (Phi) is 5.69. The minimum atomic E-state index is -0.185. The minimum absolute atomic E-state index is 0.0188. The molecule has 1 saturated carbocycles. The largest absolute Gasteiger partial charge is 0.491 e. The van der Waals surface area contributed by atoms with Crippen molar-refractivity contribution >= 4 is 11.8 Å². The summed E-state index contributed by atoms with van der Waals surface area (Å²) in [6, 6.07) is 7.65. The van der Waals surface area contributed by atoms with Crippen LogP contribution in [0, 0.1) is 5.92 Å². The molecule has 2 aliphatic rings. The fourth-order valence-corrected chi connectivity index (χ4v) is 2.63. The number of hydrogen-bond acceptors (Lipinski definition) is 4. The summed E-state index contributed by atoms with van der Waals surface area (Å²) in [4.78, 5) is 23.3. The number of benzene rings is 1. The van der Waals surface area contributed by atoms with E-state index in [9.17, 15) is 9.59 Å². The third-order valence-electron chi connectivity index (χ3n) is 4.22. The molecule has 2 amide bonds. The van der Waals surface area contributed by atoms with Crippen LogP contribution in [0.25, 0.3) is 0 Å². The van der Waals surface area contributed by atoms with Gasteiger partial charge in [-0.05, 0) is 43.4 Å². The minimum Gasteiger partial charge on any atom is -0.491 e. The number of amides is 2. The molecular formula is C18H24N2O4. The Hall–Kier alpha value is -2.08. The molecule has 1 aliphatic carbocycles. The highest BCUT2D eigenvalue weighted by Crippen LogP contribution is 2.28. The first-order valence-corrected chi connectivity index (χ1v) is 8.58. The summed E-state index contributed by atoms with van der Waals surface area (Å²) in [5.74, 6) is 0.694. The molecular weight excluding hydrogens is 308 g/mol. The van der Waals surface area contributed by atoms with Gasteiger partial charge in [0.25, 0.3) is 0 Å². The maximum absolute atomic E-state index is 11.8. The summed E-state index contributed by atoms with van der Waals surface area (Å²) in [6.07, 6.45) is 4.20. The number of nitrogens with one attached hydrogen (secondary N) is 2. The van der Waals surface area contributed by atoms with Crippen LogP contribution in [0.15, 0.2) is 24.3 Å². The zero-order chi connectivity index (χ0) is 16.8. The second kappa shape index (κ2) is 8.15. The van der Waals surface area contributed by atoms with Crippen molar-refractivity contribution in [2.24, 2.45) is 5.92 Å². The van der Waals surface area contributed by atoms with E-state index in [4.69, 9.17) is 9.47 Å². The molecule has 130 valence electrons. The van der Waals surface area contributed by atoms with Gasteiger partial charge in [-0.3, -0.25) is 9.59 Å². The number of ether oxygens (including phenoxy) is 2. The highest BCUT2D eigenvalue weighted by Gasteiger charge is 2.29. The van der Waals surface area contributed by atoms with Crippen molar-refractivity contribution < 1.29 is 19.1 Å². The molecule has 6 nitrogen and oxygen atoms in total. The van der Waals surface area contributed by atoms with Crippen LogP contribution in [0.5, 0.6) is 5.75 Å². The second-order valence-electron chi connectivity index (χ2n) is 6.36. The zero-order valence-corrected chi connectivity index (χ0v) is 13.8. The molecule has 1 aromatic rings. The summed E-state index contributed by atoms with van der Waals surface area (Å²) < 4.78 is 11.3. The highest BCUT2D eigenvalue weighted by atomic mass is 16.5. The molecule has 1 saturated heterocycles.